The van der Waals surface area contributed by atoms with E-state index in [1.54, 1.807) is 35.4 Å². The van der Waals surface area contributed by atoms with E-state index in [1.807, 2.05) is 19.1 Å². The number of pyridine rings is 1. The van der Waals surface area contributed by atoms with Gasteiger partial charge in [-0.1, -0.05) is 23.7 Å². The molecule has 29 heavy (non-hydrogen) atoms. The Labute approximate surface area is 173 Å². The zero-order chi connectivity index (χ0) is 20.5. The van der Waals surface area contributed by atoms with Crippen LogP contribution in [-0.4, -0.2) is 16.5 Å². The van der Waals surface area contributed by atoms with Crippen molar-refractivity contribution in [2.24, 2.45) is 0 Å². The number of nitrogens with zero attached hydrogens (tertiary/aromatic N) is 2. The molecule has 1 atom stereocenters. The molecule has 1 aliphatic heterocycles. The van der Waals surface area contributed by atoms with E-state index >= 15 is 0 Å². The largest absolute Gasteiger partial charge is 0.310 e. The molecule has 0 unspecified atom stereocenters. The molecule has 1 aliphatic rings. The summed E-state index contributed by atoms with van der Waals surface area (Å²) < 4.78 is 15.1. The topological polar surface area (TPSA) is 42.3 Å². The molecule has 3 aromatic rings. The number of carbonyl (C=O) groups excluding carboxylic acids is 1. The summed E-state index contributed by atoms with van der Waals surface area (Å²) in [6, 6.07) is 14.7. The van der Waals surface area contributed by atoms with Gasteiger partial charge in [0.2, 0.25) is 0 Å². The van der Waals surface area contributed by atoms with Gasteiger partial charge in [-0.15, -0.1) is 0 Å². The molecular weight excluding hydrogens is 391 g/mol. The molecule has 0 radical (unpaired) electrons. The van der Waals surface area contributed by atoms with Crippen molar-refractivity contribution in [1.82, 2.24) is 4.57 Å². The molecular formula is C23H20ClFN2O2. The third-order valence-electron chi connectivity index (χ3n) is 5.26. The Morgan fingerprint density at radius 3 is 2.79 bits per heavy atom. The fraction of sp³-hybridized carbons (Fsp3) is 0.217. The van der Waals surface area contributed by atoms with Gasteiger partial charge in [0, 0.05) is 29.0 Å². The number of fused-ring (bicyclic) bond motifs is 1. The Morgan fingerprint density at radius 2 is 2.00 bits per heavy atom. The number of amides is 1. The summed E-state index contributed by atoms with van der Waals surface area (Å²) in [6.07, 6.45) is 3.06. The molecule has 0 N–H and O–H groups in total. The first kappa shape index (κ1) is 19.4. The molecule has 0 saturated carbocycles. The van der Waals surface area contributed by atoms with Crippen LogP contribution in [0.4, 0.5) is 10.1 Å². The van der Waals surface area contributed by atoms with Gasteiger partial charge in [-0.25, -0.2) is 4.39 Å². The highest BCUT2D eigenvalue weighted by atomic mass is 35.5. The van der Waals surface area contributed by atoms with E-state index in [0.717, 1.165) is 29.7 Å². The molecule has 6 heteroatoms. The second-order valence-corrected chi connectivity index (χ2v) is 7.79. The van der Waals surface area contributed by atoms with Crippen LogP contribution in [0.5, 0.6) is 0 Å². The van der Waals surface area contributed by atoms with Gasteiger partial charge in [-0.05, 0) is 67.3 Å². The molecule has 2 heterocycles. The molecule has 0 bridgehead atoms. The summed E-state index contributed by atoms with van der Waals surface area (Å²) in [5.41, 5.74) is 2.63. The molecule has 0 fully saturated rings. The predicted molar refractivity (Wildman–Crippen MR) is 112 cm³/mol. The molecule has 4 nitrogen and oxygen atoms in total. The van der Waals surface area contributed by atoms with Crippen LogP contribution in [0.2, 0.25) is 5.02 Å². The Morgan fingerprint density at radius 1 is 1.17 bits per heavy atom. The van der Waals surface area contributed by atoms with Gasteiger partial charge in [0.15, 0.2) is 0 Å². The number of aromatic nitrogens is 1. The summed E-state index contributed by atoms with van der Waals surface area (Å²) >= 11 is 6.03. The zero-order valence-corrected chi connectivity index (χ0v) is 16.7. The van der Waals surface area contributed by atoms with Crippen molar-refractivity contribution in [2.45, 2.75) is 32.4 Å². The van der Waals surface area contributed by atoms with Gasteiger partial charge in [-0.2, -0.15) is 0 Å². The van der Waals surface area contributed by atoms with Crippen LogP contribution in [-0.2, 0) is 13.0 Å². The van der Waals surface area contributed by atoms with E-state index < -0.39 is 0 Å². The maximum atomic E-state index is 13.6. The molecule has 0 saturated heterocycles. The lowest BCUT2D eigenvalue weighted by Gasteiger charge is -2.35. The summed E-state index contributed by atoms with van der Waals surface area (Å²) in [5, 5.41) is 0.591. The third-order valence-corrected chi connectivity index (χ3v) is 5.50. The molecule has 148 valence electrons. The Hall–Kier alpha value is -2.92. The molecule has 2 aromatic carbocycles. The lowest BCUT2D eigenvalue weighted by molar-refractivity contribution is 0.0974. The first-order chi connectivity index (χ1) is 13.9. The van der Waals surface area contributed by atoms with E-state index in [4.69, 9.17) is 11.6 Å². The minimum atomic E-state index is -0.305. The summed E-state index contributed by atoms with van der Waals surface area (Å²) in [6.45, 7) is 2.30. The number of anilines is 1. The quantitative estimate of drug-likeness (QED) is 0.629. The predicted octanol–water partition coefficient (Wildman–Crippen LogP) is 4.67. The highest BCUT2D eigenvalue weighted by Gasteiger charge is 2.29. The SMILES string of the molecule is C[C@@H]1CCc2cc(F)ccc2N1C(=O)c1ccc(=O)n(Cc2cccc(Cl)c2)c1. The number of halogens is 2. The fourth-order valence-electron chi connectivity index (χ4n) is 3.78. The monoisotopic (exact) mass is 410 g/mol. The maximum Gasteiger partial charge on any atom is 0.260 e. The van der Waals surface area contributed by atoms with E-state index in [1.165, 1.54) is 22.8 Å². The highest BCUT2D eigenvalue weighted by Crippen LogP contribution is 2.32. The fourth-order valence-corrected chi connectivity index (χ4v) is 4.00. The van der Waals surface area contributed by atoms with E-state index in [9.17, 15) is 14.0 Å². The van der Waals surface area contributed by atoms with Gasteiger partial charge in [-0.3, -0.25) is 9.59 Å². The zero-order valence-electron chi connectivity index (χ0n) is 15.9. The molecule has 4 rings (SSSR count). The summed E-state index contributed by atoms with van der Waals surface area (Å²) in [5.74, 6) is -0.509. The lowest BCUT2D eigenvalue weighted by Crippen LogP contribution is -2.42. The van der Waals surface area contributed by atoms with Gasteiger partial charge >= 0.3 is 0 Å². The van der Waals surface area contributed by atoms with Crippen LogP contribution in [0.1, 0.15) is 34.8 Å². The first-order valence-corrected chi connectivity index (χ1v) is 9.87. The molecule has 1 aromatic heterocycles. The van der Waals surface area contributed by atoms with Crippen molar-refractivity contribution < 1.29 is 9.18 Å². The number of carbonyl (C=O) groups is 1. The van der Waals surface area contributed by atoms with Gasteiger partial charge in [0.1, 0.15) is 5.82 Å². The molecule has 1 amide bonds. The van der Waals surface area contributed by atoms with Crippen LogP contribution < -0.4 is 10.5 Å². The van der Waals surface area contributed by atoms with Crippen LogP contribution in [0.3, 0.4) is 0 Å². The van der Waals surface area contributed by atoms with Gasteiger partial charge in [0.05, 0.1) is 12.1 Å². The van der Waals surface area contributed by atoms with Gasteiger partial charge in [0.25, 0.3) is 11.5 Å². The Bertz CT molecular complexity index is 1140. The van der Waals surface area contributed by atoms with Crippen LogP contribution in [0.15, 0.2) is 65.6 Å². The number of hydrogen-bond donors (Lipinski definition) is 0. The van der Waals surface area contributed by atoms with Crippen LogP contribution >= 0.6 is 11.6 Å². The second-order valence-electron chi connectivity index (χ2n) is 7.35. The van der Waals surface area contributed by atoms with Crippen molar-refractivity contribution in [3.05, 3.63) is 98.7 Å². The summed E-state index contributed by atoms with van der Waals surface area (Å²) in [7, 11) is 0. The lowest BCUT2D eigenvalue weighted by atomic mass is 9.95. The van der Waals surface area contributed by atoms with E-state index in [-0.39, 0.29) is 23.3 Å². The van der Waals surface area contributed by atoms with Gasteiger partial charge < -0.3 is 9.47 Å². The molecule has 0 aliphatic carbocycles. The minimum Gasteiger partial charge on any atom is -0.310 e. The molecule has 0 spiro atoms. The van der Waals surface area contributed by atoms with Crippen LogP contribution in [0.25, 0.3) is 0 Å². The first-order valence-electron chi connectivity index (χ1n) is 9.49. The van der Waals surface area contributed by atoms with E-state index in [2.05, 4.69) is 0 Å². The van der Waals surface area contributed by atoms with Crippen molar-refractivity contribution >= 4 is 23.2 Å². The maximum absolute atomic E-state index is 13.6. The highest BCUT2D eigenvalue weighted by molar-refractivity contribution is 6.30. The van der Waals surface area contributed by atoms with E-state index in [0.29, 0.717) is 17.1 Å². The average molecular weight is 411 g/mol. The Balaban J connectivity index is 1.68. The number of rotatable bonds is 3. The smallest absolute Gasteiger partial charge is 0.260 e. The van der Waals surface area contributed by atoms with Crippen molar-refractivity contribution in [3.8, 4) is 0 Å². The van der Waals surface area contributed by atoms with Crippen molar-refractivity contribution in [2.75, 3.05) is 4.90 Å². The van der Waals surface area contributed by atoms with Crippen LogP contribution in [0, 0.1) is 5.82 Å². The number of aryl methyl sites for hydroxylation is 1. The average Bonchev–Trinajstić information content (AvgIpc) is 2.69. The normalized spacial score (nSPS) is 15.8. The summed E-state index contributed by atoms with van der Waals surface area (Å²) in [4.78, 5) is 27.3. The third kappa shape index (κ3) is 3.96. The standard InChI is InChI=1S/C23H20ClFN2O2/c1-15-5-6-17-12-20(25)8-9-21(17)27(15)23(29)18-7-10-22(28)26(14-18)13-16-3-2-4-19(24)11-16/h2-4,7-12,14-15H,5-6,13H2,1H3/t15-/m1/s1. The van der Waals surface area contributed by atoms with Crippen molar-refractivity contribution in [1.29, 1.82) is 0 Å². The Kier molecular flexibility index (Phi) is 5.24. The minimum absolute atomic E-state index is 0.0197. The van der Waals surface area contributed by atoms with Crippen molar-refractivity contribution in [3.63, 3.8) is 0 Å². The number of benzene rings is 2. The second kappa shape index (κ2) is 7.84. The number of hydrogen-bond acceptors (Lipinski definition) is 2.